The van der Waals surface area contributed by atoms with Crippen molar-refractivity contribution in [2.75, 3.05) is 19.8 Å². The number of hydrogen-bond acceptors (Lipinski definition) is 6. The van der Waals surface area contributed by atoms with Crippen LogP contribution >= 0.6 is 0 Å². The van der Waals surface area contributed by atoms with Crippen LogP contribution < -0.4 is 10.9 Å². The third kappa shape index (κ3) is 3.79. The van der Waals surface area contributed by atoms with Gasteiger partial charge in [-0.3, -0.25) is 14.6 Å². The van der Waals surface area contributed by atoms with Crippen molar-refractivity contribution in [3.63, 3.8) is 0 Å². The Kier molecular flexibility index (Phi) is 4.74. The standard InChI is InChI=1S/C15H16N4O4/c20-14(17-6-3-13-22-7-8-23-13)11-9-12(18-19-15(11)21)10-1-4-16-5-2-10/h1-2,4-5,9,13H,3,6-8H2,(H,17,20)(H,19,21). The second-order valence-corrected chi connectivity index (χ2v) is 4.95. The number of H-pyrrole nitrogens is 1. The van der Waals surface area contributed by atoms with Gasteiger partial charge in [0.1, 0.15) is 5.56 Å². The summed E-state index contributed by atoms with van der Waals surface area (Å²) in [6.45, 7) is 1.49. The summed E-state index contributed by atoms with van der Waals surface area (Å²) in [7, 11) is 0. The van der Waals surface area contributed by atoms with E-state index in [0.717, 1.165) is 5.56 Å². The van der Waals surface area contributed by atoms with Gasteiger partial charge in [-0.15, -0.1) is 0 Å². The maximum atomic E-state index is 12.2. The molecule has 2 aromatic rings. The summed E-state index contributed by atoms with van der Waals surface area (Å²) in [6, 6.07) is 4.96. The second kappa shape index (κ2) is 7.12. The molecule has 0 saturated carbocycles. The Morgan fingerprint density at radius 1 is 1.30 bits per heavy atom. The molecule has 0 unspecified atom stereocenters. The van der Waals surface area contributed by atoms with Gasteiger partial charge in [0.25, 0.3) is 11.5 Å². The van der Waals surface area contributed by atoms with Gasteiger partial charge in [0.05, 0.1) is 18.9 Å². The van der Waals surface area contributed by atoms with Crippen LogP contribution in [0, 0.1) is 0 Å². The van der Waals surface area contributed by atoms with Crippen molar-refractivity contribution in [2.45, 2.75) is 12.7 Å². The molecule has 0 bridgehead atoms. The number of ether oxygens (including phenoxy) is 2. The molecule has 8 nitrogen and oxygen atoms in total. The monoisotopic (exact) mass is 316 g/mol. The zero-order chi connectivity index (χ0) is 16.1. The lowest BCUT2D eigenvalue weighted by molar-refractivity contribution is -0.0455. The molecule has 2 N–H and O–H groups in total. The molecule has 1 amide bonds. The Morgan fingerprint density at radius 3 is 2.78 bits per heavy atom. The van der Waals surface area contributed by atoms with Gasteiger partial charge in [-0.1, -0.05) is 0 Å². The molecule has 0 radical (unpaired) electrons. The van der Waals surface area contributed by atoms with Crippen LogP contribution in [0.4, 0.5) is 0 Å². The lowest BCUT2D eigenvalue weighted by Gasteiger charge is -2.09. The maximum Gasteiger partial charge on any atom is 0.277 e. The quantitative estimate of drug-likeness (QED) is 0.823. The zero-order valence-electron chi connectivity index (χ0n) is 12.3. The minimum atomic E-state index is -0.534. The van der Waals surface area contributed by atoms with Crippen molar-refractivity contribution in [2.24, 2.45) is 0 Å². The fourth-order valence-electron chi connectivity index (χ4n) is 2.22. The summed E-state index contributed by atoms with van der Waals surface area (Å²) in [5.41, 5.74) is 0.742. The minimum Gasteiger partial charge on any atom is -0.352 e. The maximum absolute atomic E-state index is 12.2. The van der Waals surface area contributed by atoms with Gasteiger partial charge >= 0.3 is 0 Å². The van der Waals surface area contributed by atoms with Crippen LogP contribution in [0.3, 0.4) is 0 Å². The van der Waals surface area contributed by atoms with Gasteiger partial charge in [-0.05, 0) is 18.2 Å². The number of carbonyl (C=O) groups excluding carboxylic acids is 1. The molecule has 2 aromatic heterocycles. The van der Waals surface area contributed by atoms with Gasteiger partial charge in [-0.25, -0.2) is 5.10 Å². The van der Waals surface area contributed by atoms with Crippen molar-refractivity contribution in [3.05, 3.63) is 46.5 Å². The fraction of sp³-hybridized carbons (Fsp3) is 0.333. The first-order valence-electron chi connectivity index (χ1n) is 7.25. The van der Waals surface area contributed by atoms with Crippen molar-refractivity contribution >= 4 is 5.91 Å². The Hall–Kier alpha value is -2.58. The lowest BCUT2D eigenvalue weighted by Crippen LogP contribution is -2.32. The Bertz CT molecular complexity index is 726. The highest BCUT2D eigenvalue weighted by Gasteiger charge is 2.17. The van der Waals surface area contributed by atoms with Gasteiger partial charge in [0.15, 0.2) is 6.29 Å². The van der Waals surface area contributed by atoms with E-state index in [9.17, 15) is 9.59 Å². The SMILES string of the molecule is O=C(NCCC1OCCO1)c1cc(-c2ccncc2)n[nH]c1=O. The molecule has 120 valence electrons. The number of amides is 1. The summed E-state index contributed by atoms with van der Waals surface area (Å²) < 4.78 is 10.6. The first kappa shape index (κ1) is 15.3. The van der Waals surface area contributed by atoms with E-state index >= 15 is 0 Å². The Balaban J connectivity index is 1.68. The Labute approximate surface area is 131 Å². The summed E-state index contributed by atoms with van der Waals surface area (Å²) >= 11 is 0. The van der Waals surface area contributed by atoms with E-state index in [-0.39, 0.29) is 11.9 Å². The van der Waals surface area contributed by atoms with Gasteiger partial charge in [0.2, 0.25) is 0 Å². The number of rotatable bonds is 5. The van der Waals surface area contributed by atoms with E-state index in [1.165, 1.54) is 6.07 Å². The van der Waals surface area contributed by atoms with Gasteiger partial charge in [0, 0.05) is 30.9 Å². The van der Waals surface area contributed by atoms with E-state index in [0.29, 0.717) is 31.9 Å². The van der Waals surface area contributed by atoms with E-state index in [1.54, 1.807) is 24.5 Å². The molecule has 23 heavy (non-hydrogen) atoms. The molecule has 1 saturated heterocycles. The van der Waals surface area contributed by atoms with Gasteiger partial charge in [-0.2, -0.15) is 5.10 Å². The molecule has 1 aliphatic rings. The first-order valence-corrected chi connectivity index (χ1v) is 7.25. The van der Waals surface area contributed by atoms with Crippen LogP contribution in [0.2, 0.25) is 0 Å². The predicted octanol–water partition coefficient (Wildman–Crippen LogP) is 0.325. The summed E-state index contributed by atoms with van der Waals surface area (Å²) in [6.07, 6.45) is 3.47. The molecule has 0 atom stereocenters. The average molecular weight is 316 g/mol. The first-order chi connectivity index (χ1) is 11.2. The highest BCUT2D eigenvalue weighted by Crippen LogP contribution is 2.14. The highest BCUT2D eigenvalue weighted by atomic mass is 16.7. The average Bonchev–Trinajstić information content (AvgIpc) is 3.09. The number of pyridine rings is 1. The molecule has 1 aliphatic heterocycles. The van der Waals surface area contributed by atoms with Crippen LogP contribution in [-0.2, 0) is 9.47 Å². The summed E-state index contributed by atoms with van der Waals surface area (Å²) in [5.74, 6) is -0.457. The van der Waals surface area contributed by atoms with E-state index in [2.05, 4.69) is 20.5 Å². The van der Waals surface area contributed by atoms with Crippen molar-refractivity contribution < 1.29 is 14.3 Å². The van der Waals surface area contributed by atoms with Crippen LogP contribution in [0.1, 0.15) is 16.8 Å². The molecule has 0 aromatic carbocycles. The number of hydrogen-bond donors (Lipinski definition) is 2. The number of nitrogens with one attached hydrogen (secondary N) is 2. The molecular formula is C15H16N4O4. The second-order valence-electron chi connectivity index (χ2n) is 4.95. The fourth-order valence-corrected chi connectivity index (χ4v) is 2.22. The highest BCUT2D eigenvalue weighted by molar-refractivity contribution is 5.94. The number of aromatic amines is 1. The number of carbonyl (C=O) groups is 1. The van der Waals surface area contributed by atoms with Crippen molar-refractivity contribution in [1.82, 2.24) is 20.5 Å². The molecule has 8 heteroatoms. The van der Waals surface area contributed by atoms with Crippen LogP contribution in [0.15, 0.2) is 35.4 Å². The van der Waals surface area contributed by atoms with Crippen molar-refractivity contribution in [1.29, 1.82) is 0 Å². The zero-order valence-corrected chi connectivity index (χ0v) is 12.3. The molecule has 3 rings (SSSR count). The lowest BCUT2D eigenvalue weighted by atomic mass is 10.1. The van der Waals surface area contributed by atoms with E-state index < -0.39 is 11.5 Å². The van der Waals surface area contributed by atoms with Crippen molar-refractivity contribution in [3.8, 4) is 11.3 Å². The van der Waals surface area contributed by atoms with E-state index in [4.69, 9.17) is 9.47 Å². The molecule has 0 aliphatic carbocycles. The third-order valence-electron chi connectivity index (χ3n) is 3.38. The van der Waals surface area contributed by atoms with Crippen LogP contribution in [-0.4, -0.2) is 47.1 Å². The minimum absolute atomic E-state index is 0.0140. The smallest absolute Gasteiger partial charge is 0.277 e. The van der Waals surface area contributed by atoms with Gasteiger partial charge < -0.3 is 14.8 Å². The predicted molar refractivity (Wildman–Crippen MR) is 80.7 cm³/mol. The molecule has 3 heterocycles. The topological polar surface area (TPSA) is 106 Å². The number of nitrogens with zero attached hydrogens (tertiary/aromatic N) is 2. The van der Waals surface area contributed by atoms with Crippen LogP contribution in [0.5, 0.6) is 0 Å². The normalized spacial score (nSPS) is 14.8. The molecular weight excluding hydrogens is 300 g/mol. The summed E-state index contributed by atoms with van der Waals surface area (Å²) in [4.78, 5) is 27.9. The number of aromatic nitrogens is 3. The molecule has 1 fully saturated rings. The molecule has 0 spiro atoms. The Morgan fingerprint density at radius 2 is 2.04 bits per heavy atom. The van der Waals surface area contributed by atoms with E-state index in [1.807, 2.05) is 0 Å². The van der Waals surface area contributed by atoms with Crippen LogP contribution in [0.25, 0.3) is 11.3 Å². The largest absolute Gasteiger partial charge is 0.352 e. The third-order valence-corrected chi connectivity index (χ3v) is 3.38. The summed E-state index contributed by atoms with van der Waals surface area (Å²) in [5, 5.41) is 8.98.